The molecule has 1 saturated heterocycles. The average Bonchev–Trinajstić information content (AvgIpc) is 2.97. The molecule has 22 heavy (non-hydrogen) atoms. The molecule has 0 aliphatic carbocycles. The Morgan fingerprint density at radius 3 is 2.82 bits per heavy atom. The predicted molar refractivity (Wildman–Crippen MR) is 90.3 cm³/mol. The first-order valence-corrected chi connectivity index (χ1v) is 8.25. The van der Waals surface area contributed by atoms with Crippen LogP contribution in [0.1, 0.15) is 15.9 Å². The van der Waals surface area contributed by atoms with Crippen molar-refractivity contribution in [3.05, 3.63) is 64.9 Å². The summed E-state index contributed by atoms with van der Waals surface area (Å²) in [7, 11) is 0. The van der Waals surface area contributed by atoms with E-state index in [2.05, 4.69) is 14.9 Å². The number of thioether (sulfide) groups is 1. The number of hydrogen-bond acceptors (Lipinski definition) is 3. The van der Waals surface area contributed by atoms with Crippen molar-refractivity contribution < 1.29 is 4.79 Å². The van der Waals surface area contributed by atoms with Gasteiger partial charge in [0.1, 0.15) is 5.15 Å². The van der Waals surface area contributed by atoms with Crippen molar-refractivity contribution in [1.82, 2.24) is 9.88 Å². The number of carbonyl (C=O) groups is 1. The quantitative estimate of drug-likeness (QED) is 0.808. The van der Waals surface area contributed by atoms with Gasteiger partial charge in [0.25, 0.3) is 5.91 Å². The van der Waals surface area contributed by atoms with Gasteiger partial charge in [0.05, 0.1) is 0 Å². The number of aromatic nitrogens is 1. The molecule has 0 atom stereocenters. The van der Waals surface area contributed by atoms with E-state index in [0.717, 1.165) is 23.0 Å². The molecular formula is C16H14ClN3OS. The summed E-state index contributed by atoms with van der Waals surface area (Å²) in [5.74, 6) is 0.728. The minimum Gasteiger partial charge on any atom is -0.346 e. The Hall–Kier alpha value is -1.85. The lowest BCUT2D eigenvalue weighted by molar-refractivity contribution is 0.100. The third kappa shape index (κ3) is 3.67. The molecule has 0 saturated carbocycles. The maximum absolute atomic E-state index is 12.2. The highest BCUT2D eigenvalue weighted by molar-refractivity contribution is 8.14. The third-order valence-corrected chi connectivity index (χ3v) is 4.46. The summed E-state index contributed by atoms with van der Waals surface area (Å²) in [6, 6.07) is 12.8. The molecule has 0 N–H and O–H groups in total. The number of nitrogens with zero attached hydrogens (tertiary/aromatic N) is 3. The highest BCUT2D eigenvalue weighted by Gasteiger charge is 2.21. The van der Waals surface area contributed by atoms with Gasteiger partial charge < -0.3 is 4.90 Å². The fourth-order valence-corrected chi connectivity index (χ4v) is 3.23. The molecule has 4 nitrogen and oxygen atoms in total. The Bertz CT molecular complexity index is 688. The summed E-state index contributed by atoms with van der Waals surface area (Å²) in [4.78, 5) is 22.6. The second kappa shape index (κ2) is 6.94. The van der Waals surface area contributed by atoms with Gasteiger partial charge in [-0.2, -0.15) is 4.99 Å². The minimum absolute atomic E-state index is 0.204. The normalized spacial score (nSPS) is 16.2. The molecule has 0 unspecified atom stereocenters. The van der Waals surface area contributed by atoms with Crippen LogP contribution < -0.4 is 0 Å². The van der Waals surface area contributed by atoms with Gasteiger partial charge in [-0.3, -0.25) is 4.79 Å². The molecule has 0 spiro atoms. The van der Waals surface area contributed by atoms with Gasteiger partial charge in [-0.1, -0.05) is 47.6 Å². The number of amides is 1. The molecule has 3 rings (SSSR count). The smallest absolute Gasteiger partial charge is 0.279 e. The van der Waals surface area contributed by atoms with Crippen LogP contribution in [0.2, 0.25) is 5.15 Å². The molecule has 1 aliphatic rings. The largest absolute Gasteiger partial charge is 0.346 e. The maximum atomic E-state index is 12.2. The summed E-state index contributed by atoms with van der Waals surface area (Å²) in [5, 5.41) is 1.25. The molecule has 1 aliphatic heterocycles. The van der Waals surface area contributed by atoms with Crippen LogP contribution in [0.5, 0.6) is 0 Å². The van der Waals surface area contributed by atoms with Gasteiger partial charge in [-0.15, -0.1) is 0 Å². The number of rotatable bonds is 3. The first-order chi connectivity index (χ1) is 10.7. The molecular weight excluding hydrogens is 318 g/mol. The van der Waals surface area contributed by atoms with Gasteiger partial charge in [-0.25, -0.2) is 4.98 Å². The van der Waals surface area contributed by atoms with E-state index < -0.39 is 0 Å². The topological polar surface area (TPSA) is 45.6 Å². The van der Waals surface area contributed by atoms with Crippen LogP contribution in [0.3, 0.4) is 0 Å². The average molecular weight is 332 g/mol. The van der Waals surface area contributed by atoms with Crippen LogP contribution in [0.15, 0.2) is 53.7 Å². The zero-order chi connectivity index (χ0) is 15.4. The Morgan fingerprint density at radius 2 is 2.09 bits per heavy atom. The lowest BCUT2D eigenvalue weighted by atomic mass is 10.2. The molecule has 2 heterocycles. The van der Waals surface area contributed by atoms with Crippen LogP contribution in [-0.2, 0) is 6.54 Å². The molecule has 0 radical (unpaired) electrons. The summed E-state index contributed by atoms with van der Waals surface area (Å²) < 4.78 is 0. The fourth-order valence-electron chi connectivity index (χ4n) is 2.14. The number of hydrogen-bond donors (Lipinski definition) is 0. The highest BCUT2D eigenvalue weighted by atomic mass is 35.5. The first-order valence-electron chi connectivity index (χ1n) is 6.88. The maximum Gasteiger partial charge on any atom is 0.279 e. The van der Waals surface area contributed by atoms with E-state index >= 15 is 0 Å². The molecule has 2 aromatic rings. The number of benzene rings is 1. The zero-order valence-corrected chi connectivity index (χ0v) is 13.3. The van der Waals surface area contributed by atoms with Gasteiger partial charge in [-0.05, 0) is 23.8 Å². The van der Waals surface area contributed by atoms with E-state index in [1.807, 2.05) is 24.3 Å². The van der Waals surface area contributed by atoms with Crippen LogP contribution in [0.25, 0.3) is 0 Å². The summed E-state index contributed by atoms with van der Waals surface area (Å²) in [6.45, 7) is 1.55. The van der Waals surface area contributed by atoms with E-state index in [0.29, 0.717) is 17.3 Å². The molecule has 1 fully saturated rings. The van der Waals surface area contributed by atoms with Gasteiger partial charge in [0.2, 0.25) is 0 Å². The number of aliphatic imine (C=N–C) groups is 1. The van der Waals surface area contributed by atoms with E-state index in [1.54, 1.807) is 36.2 Å². The van der Waals surface area contributed by atoms with Crippen molar-refractivity contribution in [2.45, 2.75) is 6.54 Å². The summed E-state index contributed by atoms with van der Waals surface area (Å²) in [5.41, 5.74) is 1.65. The van der Waals surface area contributed by atoms with Crippen LogP contribution >= 0.6 is 23.4 Å². The Morgan fingerprint density at radius 1 is 1.27 bits per heavy atom. The second-order valence-electron chi connectivity index (χ2n) is 4.82. The summed E-state index contributed by atoms with van der Waals surface area (Å²) in [6.07, 6.45) is 1.75. The van der Waals surface area contributed by atoms with E-state index in [-0.39, 0.29) is 5.91 Å². The zero-order valence-electron chi connectivity index (χ0n) is 11.8. The number of amidine groups is 1. The molecule has 1 amide bonds. The van der Waals surface area contributed by atoms with E-state index in [1.165, 1.54) is 0 Å². The van der Waals surface area contributed by atoms with E-state index in [4.69, 9.17) is 11.6 Å². The first kappa shape index (κ1) is 15.1. The number of pyridine rings is 1. The lowest BCUT2D eigenvalue weighted by Crippen LogP contribution is -2.24. The molecule has 112 valence electrons. The molecule has 0 bridgehead atoms. The van der Waals surface area contributed by atoms with Crippen molar-refractivity contribution >= 4 is 34.4 Å². The lowest BCUT2D eigenvalue weighted by Gasteiger charge is -2.17. The Labute approximate surface area is 138 Å². The van der Waals surface area contributed by atoms with Crippen LogP contribution in [-0.4, -0.2) is 33.3 Å². The minimum atomic E-state index is -0.204. The second-order valence-corrected chi connectivity index (χ2v) is 6.27. The molecule has 1 aromatic carbocycles. The van der Waals surface area contributed by atoms with Gasteiger partial charge in [0, 0.05) is 30.6 Å². The predicted octanol–water partition coefficient (Wildman–Crippen LogP) is 3.48. The third-order valence-electron chi connectivity index (χ3n) is 3.24. The fraction of sp³-hybridized carbons (Fsp3) is 0.188. The van der Waals surface area contributed by atoms with Crippen molar-refractivity contribution in [2.24, 2.45) is 4.99 Å². The standard InChI is InChI=1S/C16H14ClN3OS/c17-14-7-6-12(10-18-14)11-20-8-9-22-16(20)19-15(21)13-4-2-1-3-5-13/h1-7,10H,8-9,11H2/b19-16-. The monoisotopic (exact) mass is 331 g/mol. The van der Waals surface area contributed by atoms with Crippen molar-refractivity contribution in [3.63, 3.8) is 0 Å². The van der Waals surface area contributed by atoms with E-state index in [9.17, 15) is 4.79 Å². The SMILES string of the molecule is O=C(/N=C1\SCCN1Cc1ccc(Cl)nc1)c1ccccc1. The number of carbonyl (C=O) groups excluding carboxylic acids is 1. The van der Waals surface area contributed by atoms with Gasteiger partial charge in [0.15, 0.2) is 5.17 Å². The number of halogens is 1. The van der Waals surface area contributed by atoms with Crippen molar-refractivity contribution in [1.29, 1.82) is 0 Å². The highest BCUT2D eigenvalue weighted by Crippen LogP contribution is 2.21. The van der Waals surface area contributed by atoms with Crippen molar-refractivity contribution in [2.75, 3.05) is 12.3 Å². The summed E-state index contributed by atoms with van der Waals surface area (Å²) >= 11 is 7.40. The molecule has 6 heteroatoms. The van der Waals surface area contributed by atoms with Crippen molar-refractivity contribution in [3.8, 4) is 0 Å². The van der Waals surface area contributed by atoms with Crippen LogP contribution in [0.4, 0.5) is 0 Å². The van der Waals surface area contributed by atoms with Crippen LogP contribution in [0, 0.1) is 0 Å². The Kier molecular flexibility index (Phi) is 4.75. The Balaban J connectivity index is 1.74. The van der Waals surface area contributed by atoms with Gasteiger partial charge >= 0.3 is 0 Å². The molecule has 1 aromatic heterocycles.